The van der Waals surface area contributed by atoms with Gasteiger partial charge in [0.1, 0.15) is 5.82 Å². The molecule has 0 radical (unpaired) electrons. The lowest BCUT2D eigenvalue weighted by atomic mass is 10.2. The third-order valence-electron chi connectivity index (χ3n) is 5.59. The number of hydrogen-bond donors (Lipinski definition) is 2. The van der Waals surface area contributed by atoms with Crippen LogP contribution in [0.5, 0.6) is 0 Å². The maximum absolute atomic E-state index is 13.4. The normalized spacial score (nSPS) is 11.4. The van der Waals surface area contributed by atoms with Crippen molar-refractivity contribution in [2.24, 2.45) is 0 Å². The van der Waals surface area contributed by atoms with Crippen LogP contribution in [0.2, 0.25) is 5.02 Å². The molecule has 0 spiro atoms. The molecule has 0 saturated carbocycles. The van der Waals surface area contributed by atoms with Gasteiger partial charge in [0, 0.05) is 30.9 Å². The zero-order valence-electron chi connectivity index (χ0n) is 20.7. The highest BCUT2D eigenvalue weighted by Gasteiger charge is 2.30. The second-order valence-corrected chi connectivity index (χ2v) is 8.98. The van der Waals surface area contributed by atoms with Crippen LogP contribution >= 0.6 is 11.6 Å². The first-order valence-corrected chi connectivity index (χ1v) is 12.3. The van der Waals surface area contributed by atoms with Crippen LogP contribution in [0.15, 0.2) is 48.9 Å². The Hall–Kier alpha value is -4.40. The van der Waals surface area contributed by atoms with Gasteiger partial charge in [0.05, 0.1) is 30.2 Å². The van der Waals surface area contributed by atoms with Crippen molar-refractivity contribution < 1.29 is 27.2 Å². The Balaban J connectivity index is 1.18. The van der Waals surface area contributed by atoms with Gasteiger partial charge in [-0.25, -0.2) is 4.39 Å². The van der Waals surface area contributed by atoms with Gasteiger partial charge in [0.15, 0.2) is 11.4 Å². The molecule has 210 valence electrons. The van der Waals surface area contributed by atoms with Crippen LogP contribution in [0.4, 0.5) is 17.6 Å². The first-order valence-electron chi connectivity index (χ1n) is 11.9. The highest BCUT2D eigenvalue weighted by atomic mass is 35.5. The fraction of sp³-hybridized carbons (Fsp3) is 0.292. The van der Waals surface area contributed by atoms with Crippen molar-refractivity contribution in [2.75, 3.05) is 0 Å². The number of aryl methyl sites for hydroxylation is 2. The van der Waals surface area contributed by atoms with Crippen molar-refractivity contribution in [1.82, 2.24) is 45.6 Å². The Morgan fingerprint density at radius 1 is 0.875 bits per heavy atom. The van der Waals surface area contributed by atoms with Crippen LogP contribution < -0.4 is 10.6 Å². The molecule has 4 aromatic rings. The highest BCUT2D eigenvalue weighted by Crippen LogP contribution is 2.29. The first kappa shape index (κ1) is 28.6. The minimum Gasteiger partial charge on any atom is -0.346 e. The average Bonchev–Trinajstić information content (AvgIpc) is 3.60. The van der Waals surface area contributed by atoms with Gasteiger partial charge in [-0.2, -0.15) is 13.2 Å². The first-order chi connectivity index (χ1) is 19.1. The number of hydrogen-bond acceptors (Lipinski definition) is 7. The molecule has 16 heteroatoms. The summed E-state index contributed by atoms with van der Waals surface area (Å²) in [6, 6.07) is 5.59. The topological polar surface area (TPSA) is 133 Å². The molecule has 0 aliphatic heterocycles. The largest absolute Gasteiger partial charge is 0.416 e. The van der Waals surface area contributed by atoms with Gasteiger partial charge >= 0.3 is 6.18 Å². The van der Waals surface area contributed by atoms with Crippen LogP contribution in [0.3, 0.4) is 0 Å². The number of nitrogens with zero attached hydrogens (tertiary/aromatic N) is 7. The van der Waals surface area contributed by atoms with E-state index in [0.29, 0.717) is 36.5 Å². The second kappa shape index (κ2) is 12.6. The molecule has 0 aliphatic rings. The monoisotopic (exact) mass is 579 g/mol. The van der Waals surface area contributed by atoms with E-state index in [9.17, 15) is 27.2 Å². The van der Waals surface area contributed by atoms with Crippen molar-refractivity contribution in [3.05, 3.63) is 88.0 Å². The van der Waals surface area contributed by atoms with Crippen LogP contribution in [0, 0.1) is 5.82 Å². The summed E-state index contributed by atoms with van der Waals surface area (Å²) in [6.07, 6.45) is 0.721. The molecule has 0 aliphatic carbocycles. The Bertz CT molecular complexity index is 1490. The van der Waals surface area contributed by atoms with E-state index in [1.165, 1.54) is 40.0 Å². The Labute approximate surface area is 229 Å². The van der Waals surface area contributed by atoms with Crippen molar-refractivity contribution in [3.63, 3.8) is 0 Å². The molecule has 0 bridgehead atoms. The fourth-order valence-electron chi connectivity index (χ4n) is 3.53. The summed E-state index contributed by atoms with van der Waals surface area (Å²) in [7, 11) is 0. The van der Waals surface area contributed by atoms with Gasteiger partial charge in [-0.3, -0.25) is 23.9 Å². The van der Waals surface area contributed by atoms with Crippen LogP contribution in [-0.4, -0.2) is 46.8 Å². The molecule has 40 heavy (non-hydrogen) atoms. The van der Waals surface area contributed by atoms with E-state index in [-0.39, 0.29) is 30.2 Å². The lowest BCUT2D eigenvalue weighted by Gasteiger charge is -2.08. The van der Waals surface area contributed by atoms with Gasteiger partial charge in [0.25, 0.3) is 11.8 Å². The zero-order chi connectivity index (χ0) is 28.7. The van der Waals surface area contributed by atoms with E-state index in [1.54, 1.807) is 0 Å². The second-order valence-electron chi connectivity index (χ2n) is 8.58. The molecular formula is C24H22ClF4N9O2. The van der Waals surface area contributed by atoms with Crippen molar-refractivity contribution in [3.8, 4) is 0 Å². The number of halogens is 5. The Kier molecular flexibility index (Phi) is 9.04. The lowest BCUT2D eigenvalue weighted by molar-refractivity contribution is -0.137. The lowest BCUT2D eigenvalue weighted by Crippen LogP contribution is -2.24. The summed E-state index contributed by atoms with van der Waals surface area (Å²) < 4.78 is 54.8. The minimum atomic E-state index is -4.50. The van der Waals surface area contributed by atoms with Crippen molar-refractivity contribution >= 4 is 23.4 Å². The molecule has 2 amide bonds. The third-order valence-corrected chi connectivity index (χ3v) is 5.96. The number of nitrogens with one attached hydrogen (secondary N) is 2. The zero-order valence-corrected chi connectivity index (χ0v) is 21.5. The van der Waals surface area contributed by atoms with E-state index in [2.05, 4.69) is 36.2 Å². The minimum absolute atomic E-state index is 0.0124. The van der Waals surface area contributed by atoms with Gasteiger partial charge in [-0.05, 0) is 48.7 Å². The maximum Gasteiger partial charge on any atom is 0.416 e. The molecule has 0 fully saturated rings. The third kappa shape index (κ3) is 7.81. The van der Waals surface area contributed by atoms with Crippen molar-refractivity contribution in [1.29, 1.82) is 0 Å². The fourth-order valence-corrected chi connectivity index (χ4v) is 3.71. The number of pyridine rings is 1. The molecule has 3 aromatic heterocycles. The van der Waals surface area contributed by atoms with E-state index >= 15 is 0 Å². The van der Waals surface area contributed by atoms with Crippen LogP contribution in [0.1, 0.15) is 50.6 Å². The molecule has 4 rings (SSSR count). The maximum atomic E-state index is 13.4. The summed E-state index contributed by atoms with van der Waals surface area (Å²) in [4.78, 5) is 28.4. The molecule has 0 atom stereocenters. The molecule has 1 aromatic carbocycles. The van der Waals surface area contributed by atoms with E-state index in [4.69, 9.17) is 11.6 Å². The molecular weight excluding hydrogens is 558 g/mol. The molecule has 3 heterocycles. The number of aromatic nitrogens is 7. The number of benzene rings is 1. The standard InChI is InChI=1S/C24H22ClF4N9O2/c25-19-4-3-17(26)9-15(19)11-31-22(39)20-13-37(35-33-20)7-1-2-8-38-14-21(34-36-38)23(40)32-12-18-10-16(5-6-30-18)24(27,28)29/h3-6,9-10,13-14H,1-2,7-8,11-12H2,(H,31,39)(H,32,40). The van der Waals surface area contributed by atoms with E-state index in [0.717, 1.165) is 18.3 Å². The highest BCUT2D eigenvalue weighted by molar-refractivity contribution is 6.31. The van der Waals surface area contributed by atoms with E-state index < -0.39 is 29.4 Å². The molecule has 0 unspecified atom stereocenters. The Morgan fingerprint density at radius 3 is 2.08 bits per heavy atom. The number of carbonyl (C=O) groups is 2. The summed E-state index contributed by atoms with van der Waals surface area (Å²) in [5.74, 6) is -1.54. The van der Waals surface area contributed by atoms with Gasteiger partial charge in [-0.15, -0.1) is 10.2 Å². The summed E-state index contributed by atoms with van der Waals surface area (Å²) >= 11 is 6.00. The average molecular weight is 580 g/mol. The number of unbranched alkanes of at least 4 members (excludes halogenated alkanes) is 1. The predicted octanol–water partition coefficient (Wildman–Crippen LogP) is 3.42. The SMILES string of the molecule is O=C(NCc1cc(C(F)(F)F)ccn1)c1cn(CCCCn2cc(C(=O)NCc3cc(F)ccc3Cl)nn2)nn1. The van der Waals surface area contributed by atoms with Crippen LogP contribution in [0.25, 0.3) is 0 Å². The predicted molar refractivity (Wildman–Crippen MR) is 132 cm³/mol. The number of carbonyl (C=O) groups excluding carboxylic acids is 2. The molecule has 0 saturated heterocycles. The molecule has 11 nitrogen and oxygen atoms in total. The quantitative estimate of drug-likeness (QED) is 0.205. The smallest absolute Gasteiger partial charge is 0.346 e. The summed E-state index contributed by atoms with van der Waals surface area (Å²) in [5.41, 5.74) is -0.253. The Morgan fingerprint density at radius 2 is 1.48 bits per heavy atom. The van der Waals surface area contributed by atoms with Crippen LogP contribution in [-0.2, 0) is 32.4 Å². The summed E-state index contributed by atoms with van der Waals surface area (Å²) in [5, 5.41) is 20.9. The number of amides is 2. The van der Waals surface area contributed by atoms with Gasteiger partial charge < -0.3 is 10.6 Å². The number of rotatable bonds is 11. The van der Waals surface area contributed by atoms with Gasteiger partial charge in [0.2, 0.25) is 0 Å². The number of alkyl halides is 3. The van der Waals surface area contributed by atoms with E-state index in [1.807, 2.05) is 0 Å². The van der Waals surface area contributed by atoms with Gasteiger partial charge in [-0.1, -0.05) is 22.0 Å². The van der Waals surface area contributed by atoms with Crippen molar-refractivity contribution in [2.45, 2.75) is 45.2 Å². The summed E-state index contributed by atoms with van der Waals surface area (Å²) in [6.45, 7) is 0.725. The molecule has 2 N–H and O–H groups in total.